The minimum atomic E-state index is -0.967. The molecule has 2 heterocycles. The first-order chi connectivity index (χ1) is 19.9. The van der Waals surface area contributed by atoms with E-state index in [-0.39, 0.29) is 30.1 Å². The smallest absolute Gasteiger partial charge is 0.408 e. The van der Waals surface area contributed by atoms with Gasteiger partial charge in [0.05, 0.1) is 31.8 Å². The number of methoxy groups -OCH3 is 2. The van der Waals surface area contributed by atoms with Crippen LogP contribution >= 0.6 is 11.6 Å². The summed E-state index contributed by atoms with van der Waals surface area (Å²) in [5.41, 5.74) is 0.386. The Balaban J connectivity index is 1.47. The number of carbonyl (C=O) groups is 3. The van der Waals surface area contributed by atoms with E-state index in [0.29, 0.717) is 22.7 Å². The Kier molecular flexibility index (Phi) is 9.81. The minimum absolute atomic E-state index is 0.0457. The van der Waals surface area contributed by atoms with E-state index in [4.69, 9.17) is 30.5 Å². The summed E-state index contributed by atoms with van der Waals surface area (Å²) in [6, 6.07) is 3.29. The van der Waals surface area contributed by atoms with Gasteiger partial charge in [0.1, 0.15) is 30.0 Å². The average Bonchev–Trinajstić information content (AvgIpc) is 3.54. The lowest BCUT2D eigenvalue weighted by molar-refractivity contribution is -0.152. The third-order valence-electron chi connectivity index (χ3n) is 7.57. The van der Waals surface area contributed by atoms with Gasteiger partial charge in [-0.15, -0.1) is 6.58 Å². The maximum atomic E-state index is 13.9. The number of halogens is 1. The molecule has 1 aliphatic carbocycles. The van der Waals surface area contributed by atoms with Crippen molar-refractivity contribution in [2.75, 3.05) is 20.8 Å². The fourth-order valence-corrected chi connectivity index (χ4v) is 5.32. The highest BCUT2D eigenvalue weighted by atomic mass is 35.5. The highest BCUT2D eigenvalue weighted by molar-refractivity contribution is 6.31. The van der Waals surface area contributed by atoms with E-state index in [9.17, 15) is 14.4 Å². The number of nitrogens with zero attached hydrogens (tertiary/aromatic N) is 3. The number of carbonyl (C=O) groups excluding carboxylic acids is 3. The number of amides is 2. The van der Waals surface area contributed by atoms with Crippen LogP contribution in [0.15, 0.2) is 30.9 Å². The van der Waals surface area contributed by atoms with Crippen LogP contribution in [-0.4, -0.2) is 77.9 Å². The van der Waals surface area contributed by atoms with Crippen molar-refractivity contribution in [1.82, 2.24) is 20.2 Å². The Bertz CT molecular complexity index is 1330. The quantitative estimate of drug-likeness (QED) is 0.221. The summed E-state index contributed by atoms with van der Waals surface area (Å²) in [5.74, 6) is -0.0462. The predicted molar refractivity (Wildman–Crippen MR) is 156 cm³/mol. The van der Waals surface area contributed by atoms with Crippen LogP contribution in [0.1, 0.15) is 52.9 Å². The SMILES string of the molecule is C=CCCCC1C[C@H]1OC(=O)N[C@H](C(=O)N1C[C@H](Oc2nc3cc(OC)ccc3nc2Cl)C[C@H]1C(=O)OC)C(C)(C)C. The monoisotopic (exact) mass is 602 g/mol. The number of unbranched alkanes of at least 4 members (excludes halogenated alkanes) is 1. The van der Waals surface area contributed by atoms with Gasteiger partial charge in [-0.2, -0.15) is 0 Å². The van der Waals surface area contributed by atoms with Crippen molar-refractivity contribution < 1.29 is 33.3 Å². The largest absolute Gasteiger partial charge is 0.497 e. The number of esters is 1. The van der Waals surface area contributed by atoms with E-state index in [2.05, 4.69) is 21.9 Å². The number of alkyl carbamates (subject to hydrolysis) is 1. The second-order valence-corrected chi connectivity index (χ2v) is 12.1. The van der Waals surface area contributed by atoms with E-state index in [1.807, 2.05) is 26.8 Å². The molecule has 1 aromatic heterocycles. The minimum Gasteiger partial charge on any atom is -0.497 e. The number of fused-ring (bicyclic) bond motifs is 1. The molecule has 42 heavy (non-hydrogen) atoms. The van der Waals surface area contributed by atoms with Crippen LogP contribution in [0.4, 0.5) is 4.79 Å². The van der Waals surface area contributed by atoms with Crippen molar-refractivity contribution in [3.8, 4) is 11.6 Å². The maximum Gasteiger partial charge on any atom is 0.408 e. The van der Waals surface area contributed by atoms with Gasteiger partial charge < -0.3 is 29.2 Å². The summed E-state index contributed by atoms with van der Waals surface area (Å²) in [5, 5.41) is 2.81. The summed E-state index contributed by atoms with van der Waals surface area (Å²) in [7, 11) is 2.81. The first-order valence-electron chi connectivity index (χ1n) is 14.1. The molecule has 2 amide bonds. The number of hydrogen-bond acceptors (Lipinski definition) is 9. The Morgan fingerprint density at radius 2 is 1.95 bits per heavy atom. The molecule has 0 spiro atoms. The van der Waals surface area contributed by atoms with Gasteiger partial charge in [0.15, 0.2) is 5.15 Å². The van der Waals surface area contributed by atoms with Crippen molar-refractivity contribution in [2.45, 2.75) is 77.2 Å². The van der Waals surface area contributed by atoms with Gasteiger partial charge in [0.25, 0.3) is 5.88 Å². The zero-order valence-electron chi connectivity index (χ0n) is 24.7. The Morgan fingerprint density at radius 3 is 2.62 bits per heavy atom. The Labute approximate surface area is 250 Å². The zero-order valence-corrected chi connectivity index (χ0v) is 25.5. The van der Waals surface area contributed by atoms with E-state index in [1.54, 1.807) is 25.3 Å². The number of aromatic nitrogens is 2. The molecule has 4 rings (SSSR count). The van der Waals surface area contributed by atoms with Gasteiger partial charge in [-0.1, -0.05) is 38.4 Å². The first kappa shape index (κ1) is 31.3. The highest BCUT2D eigenvalue weighted by Gasteiger charge is 2.47. The summed E-state index contributed by atoms with van der Waals surface area (Å²) >= 11 is 6.37. The highest BCUT2D eigenvalue weighted by Crippen LogP contribution is 2.38. The van der Waals surface area contributed by atoms with E-state index in [0.717, 1.165) is 25.7 Å². The number of hydrogen-bond donors (Lipinski definition) is 1. The molecule has 0 bridgehead atoms. The molecule has 1 saturated carbocycles. The first-order valence-corrected chi connectivity index (χ1v) is 14.5. The molecule has 2 aliphatic rings. The fraction of sp³-hybridized carbons (Fsp3) is 0.567. The fourth-order valence-electron chi connectivity index (χ4n) is 5.14. The number of benzene rings is 1. The molecule has 5 atom stereocenters. The molecule has 12 heteroatoms. The summed E-state index contributed by atoms with van der Waals surface area (Å²) in [6.45, 7) is 9.28. The maximum absolute atomic E-state index is 13.9. The van der Waals surface area contributed by atoms with Crippen LogP contribution in [0.2, 0.25) is 5.15 Å². The van der Waals surface area contributed by atoms with Crippen LogP contribution in [0.3, 0.4) is 0 Å². The van der Waals surface area contributed by atoms with Crippen molar-refractivity contribution >= 4 is 40.6 Å². The molecule has 1 N–H and O–H groups in total. The van der Waals surface area contributed by atoms with Gasteiger partial charge in [-0.3, -0.25) is 4.79 Å². The van der Waals surface area contributed by atoms with Crippen LogP contribution < -0.4 is 14.8 Å². The molecule has 2 fully saturated rings. The average molecular weight is 603 g/mol. The predicted octanol–water partition coefficient (Wildman–Crippen LogP) is 4.70. The lowest BCUT2D eigenvalue weighted by Gasteiger charge is -2.34. The van der Waals surface area contributed by atoms with Crippen molar-refractivity contribution in [1.29, 1.82) is 0 Å². The van der Waals surface area contributed by atoms with Gasteiger partial charge in [0.2, 0.25) is 5.91 Å². The van der Waals surface area contributed by atoms with Crippen molar-refractivity contribution in [3.05, 3.63) is 36.0 Å². The zero-order chi connectivity index (χ0) is 30.6. The lowest BCUT2D eigenvalue weighted by Crippen LogP contribution is -2.57. The molecule has 1 saturated heterocycles. The number of ether oxygens (including phenoxy) is 4. The molecule has 1 aliphatic heterocycles. The lowest BCUT2D eigenvalue weighted by atomic mass is 9.85. The molecule has 1 aromatic carbocycles. The number of likely N-dealkylation sites (tertiary alicyclic amines) is 1. The normalized spacial score (nSPS) is 22.3. The van der Waals surface area contributed by atoms with Gasteiger partial charge in [0, 0.05) is 12.5 Å². The number of allylic oxidation sites excluding steroid dienone is 1. The molecule has 1 unspecified atom stereocenters. The topological polar surface area (TPSA) is 129 Å². The standard InChI is InChI=1S/C30H39ClN4O7/c1-7-8-9-10-17-13-23(17)42-29(38)34-24(30(2,3)4)27(36)35-16-19(15-22(35)28(37)40-6)41-26-25(31)32-20-12-11-18(39-5)14-21(20)33-26/h7,11-12,14,17,19,22-24H,1,8-10,13,15-16H2,2-6H3,(H,34,38)/t17?,19-,22+,23-,24-/m1/s1. The van der Waals surface area contributed by atoms with Crippen LogP contribution in [0, 0.1) is 11.3 Å². The molecule has 2 aromatic rings. The second-order valence-electron chi connectivity index (χ2n) is 11.8. The molecule has 228 valence electrons. The van der Waals surface area contributed by atoms with E-state index >= 15 is 0 Å². The third-order valence-corrected chi connectivity index (χ3v) is 7.82. The Morgan fingerprint density at radius 1 is 1.19 bits per heavy atom. The molecule has 0 radical (unpaired) electrons. The van der Waals surface area contributed by atoms with Crippen LogP contribution in [0.5, 0.6) is 11.6 Å². The van der Waals surface area contributed by atoms with Gasteiger partial charge >= 0.3 is 12.1 Å². The summed E-state index contributed by atoms with van der Waals surface area (Å²) in [4.78, 5) is 49.8. The van der Waals surface area contributed by atoms with Gasteiger partial charge in [-0.25, -0.2) is 19.6 Å². The van der Waals surface area contributed by atoms with Gasteiger partial charge in [-0.05, 0) is 49.1 Å². The van der Waals surface area contributed by atoms with Crippen molar-refractivity contribution in [3.63, 3.8) is 0 Å². The van der Waals surface area contributed by atoms with Crippen molar-refractivity contribution in [2.24, 2.45) is 11.3 Å². The van der Waals surface area contributed by atoms with E-state index in [1.165, 1.54) is 12.0 Å². The number of rotatable bonds is 11. The second kappa shape index (κ2) is 13.1. The molecular weight excluding hydrogens is 564 g/mol. The summed E-state index contributed by atoms with van der Waals surface area (Å²) < 4.78 is 22.0. The summed E-state index contributed by atoms with van der Waals surface area (Å²) in [6.07, 6.45) is 4.25. The number of nitrogens with one attached hydrogen (secondary N) is 1. The Hall–Kier alpha value is -3.60. The third kappa shape index (κ3) is 7.42. The molecular formula is C30H39ClN4O7. The van der Waals surface area contributed by atoms with Crippen LogP contribution in [0.25, 0.3) is 11.0 Å². The van der Waals surface area contributed by atoms with E-state index < -0.39 is 41.6 Å². The molecule has 11 nitrogen and oxygen atoms in total. The van der Waals surface area contributed by atoms with Crippen LogP contribution in [-0.2, 0) is 19.1 Å².